The van der Waals surface area contributed by atoms with Crippen LogP contribution in [0.3, 0.4) is 0 Å². The number of hydrogen-bond acceptors (Lipinski definition) is 0. The van der Waals surface area contributed by atoms with Gasteiger partial charge in [0.1, 0.15) is 0 Å². The molecule has 0 aliphatic heterocycles. The van der Waals surface area contributed by atoms with Gasteiger partial charge in [-0.25, -0.2) is 26.3 Å². The summed E-state index contributed by atoms with van der Waals surface area (Å²) >= 11 is 0. The van der Waals surface area contributed by atoms with Crippen LogP contribution in [0.2, 0.25) is 0 Å². The molecular formula is C9F11. The summed E-state index contributed by atoms with van der Waals surface area (Å²) in [6, 6.07) is 0. The number of halogens is 11. The fourth-order valence-electron chi connectivity index (χ4n) is 1.25. The average molecular weight is 317 g/mol. The summed E-state index contributed by atoms with van der Waals surface area (Å²) in [6.45, 7) is 0. The van der Waals surface area contributed by atoms with Crippen molar-refractivity contribution in [1.29, 1.82) is 0 Å². The van der Waals surface area contributed by atoms with Crippen LogP contribution in [0.15, 0.2) is 0 Å². The average Bonchev–Trinajstić information content (AvgIpc) is 2.32. The van der Waals surface area contributed by atoms with Crippen LogP contribution >= 0.6 is 0 Å². The van der Waals surface area contributed by atoms with Crippen LogP contribution in [0.1, 0.15) is 5.56 Å². The topological polar surface area (TPSA) is 0 Å². The molecule has 1 atom stereocenters. The standard InChI is InChI=1S/C9F11/c10-2-1(3(11)5(13)6(14)4(2)12)8(17,7(15)16)9(18,19)20. The van der Waals surface area contributed by atoms with E-state index in [0.29, 0.717) is 0 Å². The van der Waals surface area contributed by atoms with E-state index in [1.807, 2.05) is 0 Å². The molecule has 0 spiro atoms. The number of rotatable bonds is 2. The van der Waals surface area contributed by atoms with E-state index >= 15 is 0 Å². The molecule has 0 amide bonds. The number of alkyl halides is 4. The summed E-state index contributed by atoms with van der Waals surface area (Å²) in [5.74, 6) is -15.5. The van der Waals surface area contributed by atoms with E-state index in [1.165, 1.54) is 0 Å². The zero-order chi connectivity index (χ0) is 16.0. The largest absolute Gasteiger partial charge is 0.433 e. The fraction of sp³-hybridized carbons (Fsp3) is 0.222. The zero-order valence-electron chi connectivity index (χ0n) is 8.66. The lowest BCUT2D eigenvalue weighted by Crippen LogP contribution is -2.43. The molecule has 0 saturated carbocycles. The van der Waals surface area contributed by atoms with Crippen LogP contribution in [-0.2, 0) is 5.67 Å². The smallest absolute Gasteiger partial charge is 0.221 e. The fourth-order valence-corrected chi connectivity index (χ4v) is 1.25. The lowest BCUT2D eigenvalue weighted by atomic mass is 9.93. The predicted octanol–water partition coefficient (Wildman–Crippen LogP) is 4.54. The molecule has 0 fully saturated rings. The molecule has 0 aliphatic rings. The van der Waals surface area contributed by atoms with E-state index in [9.17, 15) is 48.3 Å². The van der Waals surface area contributed by atoms with Crippen LogP contribution in [-0.4, -0.2) is 6.18 Å². The van der Waals surface area contributed by atoms with Crippen molar-refractivity contribution >= 4 is 0 Å². The van der Waals surface area contributed by atoms with E-state index in [4.69, 9.17) is 0 Å². The summed E-state index contributed by atoms with van der Waals surface area (Å²) in [7, 11) is 0. The van der Waals surface area contributed by atoms with Gasteiger partial charge in [0.15, 0.2) is 23.3 Å². The van der Waals surface area contributed by atoms with Gasteiger partial charge in [0.2, 0.25) is 5.82 Å². The molecule has 0 nitrogen and oxygen atoms in total. The van der Waals surface area contributed by atoms with Gasteiger partial charge in [0, 0.05) is 0 Å². The minimum Gasteiger partial charge on any atom is -0.221 e. The molecule has 1 aromatic rings. The molecule has 11 heteroatoms. The highest BCUT2D eigenvalue weighted by atomic mass is 19.4. The molecule has 0 saturated heterocycles. The minimum absolute atomic E-state index is 2.91. The van der Waals surface area contributed by atoms with Crippen LogP contribution in [0, 0.1) is 35.5 Å². The molecule has 1 rings (SSSR count). The van der Waals surface area contributed by atoms with Crippen molar-refractivity contribution in [1.82, 2.24) is 0 Å². The van der Waals surface area contributed by atoms with Crippen LogP contribution in [0.4, 0.5) is 48.3 Å². The molecule has 0 N–H and O–H groups in total. The normalized spacial score (nSPS) is 15.6. The monoisotopic (exact) mass is 317 g/mol. The van der Waals surface area contributed by atoms with E-state index in [-0.39, 0.29) is 0 Å². The third kappa shape index (κ3) is 2.08. The Morgan fingerprint density at radius 2 is 0.900 bits per heavy atom. The second-order valence-corrected chi connectivity index (χ2v) is 3.36. The maximum Gasteiger partial charge on any atom is 0.433 e. The van der Waals surface area contributed by atoms with Gasteiger partial charge >= 0.3 is 18.3 Å². The van der Waals surface area contributed by atoms with Crippen LogP contribution < -0.4 is 0 Å². The summed E-state index contributed by atoms with van der Waals surface area (Å²) in [4.78, 5) is 0. The second kappa shape index (κ2) is 4.77. The van der Waals surface area contributed by atoms with Gasteiger partial charge in [0.25, 0.3) is 0 Å². The van der Waals surface area contributed by atoms with Gasteiger partial charge in [-0.2, -0.15) is 22.0 Å². The van der Waals surface area contributed by atoms with Crippen molar-refractivity contribution in [3.05, 3.63) is 41.1 Å². The van der Waals surface area contributed by atoms with Crippen molar-refractivity contribution in [2.45, 2.75) is 11.8 Å². The zero-order valence-corrected chi connectivity index (χ0v) is 8.66. The van der Waals surface area contributed by atoms with Crippen LogP contribution in [0.25, 0.3) is 0 Å². The first kappa shape index (κ1) is 16.5. The second-order valence-electron chi connectivity index (χ2n) is 3.36. The van der Waals surface area contributed by atoms with Gasteiger partial charge in [-0.05, 0) is 0 Å². The molecule has 0 aliphatic carbocycles. The summed E-state index contributed by atoms with van der Waals surface area (Å²) in [5, 5.41) is 0. The molecule has 1 unspecified atom stereocenters. The van der Waals surface area contributed by atoms with E-state index in [2.05, 4.69) is 0 Å². The molecule has 0 heterocycles. The molecule has 20 heavy (non-hydrogen) atoms. The van der Waals surface area contributed by atoms with E-state index in [1.54, 1.807) is 0 Å². The Bertz CT molecular complexity index is 503. The Balaban J connectivity index is 3.86. The van der Waals surface area contributed by atoms with Gasteiger partial charge in [0.05, 0.1) is 5.56 Å². The lowest BCUT2D eigenvalue weighted by molar-refractivity contribution is -0.250. The van der Waals surface area contributed by atoms with Gasteiger partial charge in [-0.3, -0.25) is 0 Å². The highest BCUT2D eigenvalue weighted by molar-refractivity contribution is 5.34. The Morgan fingerprint density at radius 1 is 0.600 bits per heavy atom. The Kier molecular flexibility index (Phi) is 3.94. The summed E-state index contributed by atoms with van der Waals surface area (Å²) in [6.07, 6.45) is -10.9. The van der Waals surface area contributed by atoms with Crippen molar-refractivity contribution < 1.29 is 48.3 Å². The van der Waals surface area contributed by atoms with Crippen molar-refractivity contribution in [3.8, 4) is 0 Å². The third-order valence-electron chi connectivity index (χ3n) is 2.21. The quantitative estimate of drug-likeness (QED) is 0.427. The Labute approximate surface area is 102 Å². The SMILES string of the molecule is F[C](F)C(F)(c1c(F)c(F)c(F)c(F)c1F)C(F)(F)F. The predicted molar refractivity (Wildman–Crippen MR) is 40.5 cm³/mol. The van der Waals surface area contributed by atoms with E-state index < -0.39 is 52.9 Å². The maximum absolute atomic E-state index is 13.3. The number of hydrogen-bond donors (Lipinski definition) is 0. The van der Waals surface area contributed by atoms with Crippen LogP contribution in [0.5, 0.6) is 0 Å². The highest BCUT2D eigenvalue weighted by Crippen LogP contribution is 2.52. The molecular weight excluding hydrogens is 317 g/mol. The van der Waals surface area contributed by atoms with Crippen molar-refractivity contribution in [2.24, 2.45) is 0 Å². The first-order chi connectivity index (χ1) is 8.87. The minimum atomic E-state index is -6.65. The number of benzene rings is 1. The highest BCUT2D eigenvalue weighted by Gasteiger charge is 2.68. The lowest BCUT2D eigenvalue weighted by Gasteiger charge is -2.27. The Morgan fingerprint density at radius 3 is 1.15 bits per heavy atom. The first-order valence-corrected chi connectivity index (χ1v) is 4.33. The summed E-state index contributed by atoms with van der Waals surface area (Å²) in [5.41, 5.74) is -9.45. The maximum atomic E-state index is 13.3. The van der Waals surface area contributed by atoms with E-state index in [0.717, 1.165) is 0 Å². The van der Waals surface area contributed by atoms with Crippen molar-refractivity contribution in [3.63, 3.8) is 0 Å². The molecule has 1 radical (unpaired) electrons. The molecule has 0 aromatic heterocycles. The molecule has 0 bridgehead atoms. The first-order valence-electron chi connectivity index (χ1n) is 4.33. The van der Waals surface area contributed by atoms with Crippen molar-refractivity contribution in [2.75, 3.05) is 0 Å². The molecule has 113 valence electrons. The Hall–Kier alpha value is -1.55. The third-order valence-corrected chi connectivity index (χ3v) is 2.21. The van der Waals surface area contributed by atoms with Gasteiger partial charge < -0.3 is 0 Å². The summed E-state index contributed by atoms with van der Waals surface area (Å²) < 4.78 is 138. The van der Waals surface area contributed by atoms with Gasteiger partial charge in [-0.1, -0.05) is 0 Å². The van der Waals surface area contributed by atoms with Gasteiger partial charge in [-0.15, -0.1) is 0 Å². The molecule has 1 aromatic carbocycles.